The van der Waals surface area contributed by atoms with Crippen molar-refractivity contribution in [1.29, 1.82) is 0 Å². The molecule has 100 valence electrons. The molecule has 0 aliphatic heterocycles. The number of hydrogen-bond acceptors (Lipinski definition) is 3. The smallest absolute Gasteiger partial charge is 0.255 e. The standard InChI is InChI=1S/C13H21N3O2/c1-9(2)10(3)15-12(17)8-16-6-4-5-11(7-14)13(16)18/h4-6,9-10H,7-8,14H2,1-3H3,(H,15,17). The molecule has 18 heavy (non-hydrogen) atoms. The number of carbonyl (C=O) groups is 1. The maximum absolute atomic E-state index is 11.9. The highest BCUT2D eigenvalue weighted by molar-refractivity contribution is 5.76. The van der Waals surface area contributed by atoms with Gasteiger partial charge in [-0.3, -0.25) is 9.59 Å². The average Bonchev–Trinajstić information content (AvgIpc) is 2.31. The summed E-state index contributed by atoms with van der Waals surface area (Å²) in [7, 11) is 0. The second-order valence-electron chi connectivity index (χ2n) is 4.77. The number of nitrogens with two attached hydrogens (primary N) is 1. The second kappa shape index (κ2) is 6.35. The van der Waals surface area contributed by atoms with Gasteiger partial charge in [-0.1, -0.05) is 19.9 Å². The first-order valence-corrected chi connectivity index (χ1v) is 6.13. The van der Waals surface area contributed by atoms with Crippen LogP contribution in [0, 0.1) is 5.92 Å². The molecule has 0 aliphatic rings. The van der Waals surface area contributed by atoms with Crippen LogP contribution >= 0.6 is 0 Å². The Labute approximate surface area is 107 Å². The fourth-order valence-electron chi connectivity index (χ4n) is 1.49. The van der Waals surface area contributed by atoms with Crippen molar-refractivity contribution in [3.8, 4) is 0 Å². The Morgan fingerprint density at radius 2 is 2.11 bits per heavy atom. The van der Waals surface area contributed by atoms with E-state index in [4.69, 9.17) is 5.73 Å². The van der Waals surface area contributed by atoms with Crippen molar-refractivity contribution in [2.75, 3.05) is 0 Å². The Bertz CT molecular complexity index is 466. The minimum atomic E-state index is -0.202. The molecule has 0 aliphatic carbocycles. The van der Waals surface area contributed by atoms with Crippen LogP contribution in [0.3, 0.4) is 0 Å². The third kappa shape index (κ3) is 3.70. The summed E-state index contributed by atoms with van der Waals surface area (Å²) < 4.78 is 1.38. The highest BCUT2D eigenvalue weighted by Gasteiger charge is 2.12. The molecule has 0 fully saturated rings. The van der Waals surface area contributed by atoms with Crippen molar-refractivity contribution in [2.24, 2.45) is 11.7 Å². The summed E-state index contributed by atoms with van der Waals surface area (Å²) in [4.78, 5) is 23.6. The first-order valence-electron chi connectivity index (χ1n) is 6.13. The zero-order chi connectivity index (χ0) is 13.7. The molecule has 0 aromatic carbocycles. The van der Waals surface area contributed by atoms with E-state index in [2.05, 4.69) is 5.32 Å². The van der Waals surface area contributed by atoms with E-state index in [1.807, 2.05) is 20.8 Å². The Hall–Kier alpha value is -1.62. The predicted molar refractivity (Wildman–Crippen MR) is 71.0 cm³/mol. The fraction of sp³-hybridized carbons (Fsp3) is 0.538. The fourth-order valence-corrected chi connectivity index (χ4v) is 1.49. The quantitative estimate of drug-likeness (QED) is 0.798. The molecule has 1 atom stereocenters. The van der Waals surface area contributed by atoms with Gasteiger partial charge >= 0.3 is 0 Å². The summed E-state index contributed by atoms with van der Waals surface area (Å²) in [5.74, 6) is 0.202. The third-order valence-corrected chi connectivity index (χ3v) is 3.02. The minimum absolute atomic E-state index is 0.0315. The monoisotopic (exact) mass is 251 g/mol. The molecule has 0 radical (unpaired) electrons. The van der Waals surface area contributed by atoms with Crippen LogP contribution in [0.5, 0.6) is 0 Å². The maximum Gasteiger partial charge on any atom is 0.255 e. The number of carbonyl (C=O) groups excluding carboxylic acids is 1. The first kappa shape index (κ1) is 14.4. The van der Waals surface area contributed by atoms with Crippen molar-refractivity contribution in [1.82, 2.24) is 9.88 Å². The zero-order valence-corrected chi connectivity index (χ0v) is 11.1. The summed E-state index contributed by atoms with van der Waals surface area (Å²) in [5.41, 5.74) is 5.77. The highest BCUT2D eigenvalue weighted by Crippen LogP contribution is 1.99. The lowest BCUT2D eigenvalue weighted by atomic mass is 10.1. The molecule has 0 saturated heterocycles. The van der Waals surface area contributed by atoms with Crippen LogP contribution in [0.4, 0.5) is 0 Å². The van der Waals surface area contributed by atoms with E-state index in [1.165, 1.54) is 4.57 Å². The molecule has 1 aromatic heterocycles. The summed E-state index contributed by atoms with van der Waals surface area (Å²) in [5, 5.41) is 2.86. The van der Waals surface area contributed by atoms with Crippen LogP contribution in [0.1, 0.15) is 26.3 Å². The Kier molecular flexibility index (Phi) is 5.09. The molecule has 5 heteroatoms. The van der Waals surface area contributed by atoms with Crippen molar-refractivity contribution < 1.29 is 4.79 Å². The van der Waals surface area contributed by atoms with E-state index in [0.29, 0.717) is 11.5 Å². The Balaban J connectivity index is 2.74. The van der Waals surface area contributed by atoms with Gasteiger partial charge in [0.15, 0.2) is 0 Å². The van der Waals surface area contributed by atoms with Crippen molar-refractivity contribution in [3.05, 3.63) is 34.2 Å². The number of rotatable bonds is 5. The number of nitrogens with zero attached hydrogens (tertiary/aromatic N) is 1. The minimum Gasteiger partial charge on any atom is -0.352 e. The van der Waals surface area contributed by atoms with E-state index in [0.717, 1.165) is 0 Å². The van der Waals surface area contributed by atoms with Gasteiger partial charge in [-0.2, -0.15) is 0 Å². The molecule has 0 spiro atoms. The molecular weight excluding hydrogens is 230 g/mol. The largest absolute Gasteiger partial charge is 0.352 e. The van der Waals surface area contributed by atoms with Crippen LogP contribution in [0.2, 0.25) is 0 Å². The van der Waals surface area contributed by atoms with Gasteiger partial charge in [0.2, 0.25) is 5.91 Å². The topological polar surface area (TPSA) is 77.1 Å². The Morgan fingerprint density at radius 3 is 2.67 bits per heavy atom. The van der Waals surface area contributed by atoms with E-state index < -0.39 is 0 Å². The summed E-state index contributed by atoms with van der Waals surface area (Å²) in [6.07, 6.45) is 1.60. The van der Waals surface area contributed by atoms with Crippen LogP contribution in [-0.2, 0) is 17.9 Å². The lowest BCUT2D eigenvalue weighted by Crippen LogP contribution is -2.40. The maximum atomic E-state index is 11.9. The summed E-state index contributed by atoms with van der Waals surface area (Å²) in [6, 6.07) is 3.49. The van der Waals surface area contributed by atoms with Crippen molar-refractivity contribution in [3.63, 3.8) is 0 Å². The van der Waals surface area contributed by atoms with Gasteiger partial charge in [0.25, 0.3) is 5.56 Å². The average molecular weight is 251 g/mol. The van der Waals surface area contributed by atoms with Crippen molar-refractivity contribution >= 4 is 5.91 Å². The molecule has 1 amide bonds. The van der Waals surface area contributed by atoms with Crippen LogP contribution in [0.15, 0.2) is 23.1 Å². The van der Waals surface area contributed by atoms with Gasteiger partial charge < -0.3 is 15.6 Å². The van der Waals surface area contributed by atoms with E-state index in [1.54, 1.807) is 18.3 Å². The number of amides is 1. The predicted octanol–water partition coefficient (Wildman–Crippen LogP) is 0.468. The zero-order valence-electron chi connectivity index (χ0n) is 11.1. The van der Waals surface area contributed by atoms with Crippen LogP contribution in [0.25, 0.3) is 0 Å². The Morgan fingerprint density at radius 1 is 1.44 bits per heavy atom. The third-order valence-electron chi connectivity index (χ3n) is 3.02. The highest BCUT2D eigenvalue weighted by atomic mass is 16.2. The van der Waals surface area contributed by atoms with Crippen LogP contribution < -0.4 is 16.6 Å². The number of pyridine rings is 1. The van der Waals surface area contributed by atoms with Gasteiger partial charge in [0.1, 0.15) is 6.54 Å². The molecule has 1 aromatic rings. The lowest BCUT2D eigenvalue weighted by molar-refractivity contribution is -0.122. The van der Waals surface area contributed by atoms with E-state index >= 15 is 0 Å². The van der Waals surface area contributed by atoms with Gasteiger partial charge in [0, 0.05) is 24.3 Å². The number of aromatic nitrogens is 1. The molecule has 0 saturated carbocycles. The number of hydrogen-bond donors (Lipinski definition) is 2. The summed E-state index contributed by atoms with van der Waals surface area (Å²) >= 11 is 0. The lowest BCUT2D eigenvalue weighted by Gasteiger charge is -2.17. The molecule has 1 heterocycles. The molecular formula is C13H21N3O2. The number of nitrogens with one attached hydrogen (secondary N) is 1. The van der Waals surface area contributed by atoms with Gasteiger partial charge in [0.05, 0.1) is 0 Å². The second-order valence-corrected chi connectivity index (χ2v) is 4.77. The summed E-state index contributed by atoms with van der Waals surface area (Å²) in [6.45, 7) is 6.23. The molecule has 0 bridgehead atoms. The van der Waals surface area contributed by atoms with Crippen LogP contribution in [-0.4, -0.2) is 16.5 Å². The van der Waals surface area contributed by atoms with Gasteiger partial charge in [-0.25, -0.2) is 0 Å². The molecule has 5 nitrogen and oxygen atoms in total. The SMILES string of the molecule is CC(C)C(C)NC(=O)Cn1cccc(CN)c1=O. The van der Waals surface area contributed by atoms with Crippen molar-refractivity contribution in [2.45, 2.75) is 39.9 Å². The molecule has 3 N–H and O–H groups in total. The normalized spacial score (nSPS) is 12.5. The van der Waals surface area contributed by atoms with Gasteiger partial charge in [-0.15, -0.1) is 0 Å². The van der Waals surface area contributed by atoms with E-state index in [-0.39, 0.29) is 30.6 Å². The van der Waals surface area contributed by atoms with Gasteiger partial charge in [-0.05, 0) is 18.9 Å². The molecule has 1 unspecified atom stereocenters. The first-order chi connectivity index (χ1) is 8.45. The molecule has 1 rings (SSSR count). The van der Waals surface area contributed by atoms with E-state index in [9.17, 15) is 9.59 Å².